The van der Waals surface area contributed by atoms with Gasteiger partial charge in [0.05, 0.1) is 58.0 Å². The molecule has 368 valence electrons. The topological polar surface area (TPSA) is 128 Å². The predicted molar refractivity (Wildman–Crippen MR) is 251 cm³/mol. The normalized spacial score (nSPS) is 20.8. The highest BCUT2D eigenvalue weighted by Crippen LogP contribution is 2.39. The van der Waals surface area contributed by atoms with E-state index in [1.165, 1.54) is 36.5 Å². The molecule has 4 unspecified atom stereocenters. The number of oxime groups is 2. The van der Waals surface area contributed by atoms with Crippen molar-refractivity contribution in [2.75, 3.05) is 26.2 Å². The summed E-state index contributed by atoms with van der Waals surface area (Å²) in [6.45, 7) is 3.32. The lowest BCUT2D eigenvalue weighted by molar-refractivity contribution is -0.146. The molecule has 2 fully saturated rings. The highest BCUT2D eigenvalue weighted by molar-refractivity contribution is 7.10. The molecule has 10 rings (SSSR count). The number of aryl methyl sites for hydroxylation is 2. The molecule has 2 saturated heterocycles. The summed E-state index contributed by atoms with van der Waals surface area (Å²) >= 11 is 3.01. The van der Waals surface area contributed by atoms with E-state index in [4.69, 9.17) is 19.6 Å². The Labute approximate surface area is 407 Å². The summed E-state index contributed by atoms with van der Waals surface area (Å²) in [5.41, 5.74) is 3.21. The van der Waals surface area contributed by atoms with Gasteiger partial charge < -0.3 is 9.68 Å². The van der Waals surface area contributed by atoms with Gasteiger partial charge in [0.25, 0.3) is 0 Å². The average molecular weight is 1010 g/mol. The number of ketones is 1. The number of nitrogens with zero attached hydrogens (tertiary/aromatic N) is 10. The summed E-state index contributed by atoms with van der Waals surface area (Å²) in [4.78, 5) is 40.6. The number of piperidine rings is 2. The molecule has 4 aliphatic heterocycles. The smallest absolute Gasteiger partial charge is 0.387 e. The van der Waals surface area contributed by atoms with E-state index in [2.05, 4.69) is 20.5 Å². The molecule has 0 N–H and O–H groups in total. The molecule has 0 spiro atoms. The second kappa shape index (κ2) is 19.8. The fourth-order valence-electron chi connectivity index (χ4n) is 10.0. The third-order valence-corrected chi connectivity index (χ3v) is 15.7. The monoisotopic (exact) mass is 1000 g/mol. The fourth-order valence-corrected chi connectivity index (χ4v) is 12.0. The van der Waals surface area contributed by atoms with Crippen LogP contribution in [0.2, 0.25) is 0 Å². The summed E-state index contributed by atoms with van der Waals surface area (Å²) in [6.07, 6.45) is -6.65. The van der Waals surface area contributed by atoms with Crippen molar-refractivity contribution >= 4 is 39.9 Å². The lowest BCUT2D eigenvalue weighted by Gasteiger charge is -2.41. The lowest BCUT2D eigenvalue weighted by atomic mass is 9.91. The Kier molecular flexibility index (Phi) is 13.5. The van der Waals surface area contributed by atoms with Crippen LogP contribution in [0.4, 0.5) is 26.3 Å². The van der Waals surface area contributed by atoms with Crippen LogP contribution >= 0.6 is 22.7 Å². The molecule has 13 nitrogen and oxygen atoms in total. The zero-order valence-electron chi connectivity index (χ0n) is 38.3. The van der Waals surface area contributed by atoms with E-state index in [1.54, 1.807) is 0 Å². The van der Waals surface area contributed by atoms with Gasteiger partial charge in [0, 0.05) is 35.4 Å². The van der Waals surface area contributed by atoms with Gasteiger partial charge >= 0.3 is 12.4 Å². The summed E-state index contributed by atoms with van der Waals surface area (Å²) < 4.78 is 88.9. The minimum atomic E-state index is -4.77. The Bertz CT molecular complexity index is 2650. The predicted octanol–water partition coefficient (Wildman–Crippen LogP) is 10.1. The second-order valence-corrected chi connectivity index (χ2v) is 20.2. The first-order chi connectivity index (χ1) is 33.6. The van der Waals surface area contributed by atoms with Gasteiger partial charge in [-0.05, 0) is 89.0 Å². The van der Waals surface area contributed by atoms with Crippen LogP contribution in [-0.2, 0) is 39.9 Å². The van der Waals surface area contributed by atoms with Crippen LogP contribution < -0.4 is 0 Å². The van der Waals surface area contributed by atoms with E-state index in [0.29, 0.717) is 64.7 Å². The first-order valence-corrected chi connectivity index (χ1v) is 25.1. The van der Waals surface area contributed by atoms with Gasteiger partial charge in [-0.25, -0.2) is 9.97 Å². The van der Waals surface area contributed by atoms with E-state index in [-0.39, 0.29) is 35.4 Å². The van der Waals surface area contributed by atoms with Gasteiger partial charge in [0.2, 0.25) is 0 Å². The van der Waals surface area contributed by atoms with Crippen molar-refractivity contribution in [3.63, 3.8) is 0 Å². The van der Waals surface area contributed by atoms with Crippen molar-refractivity contribution in [2.45, 2.75) is 114 Å². The molecular weight excluding hydrogens is 955 g/mol. The van der Waals surface area contributed by atoms with Crippen molar-refractivity contribution in [1.29, 1.82) is 0 Å². The van der Waals surface area contributed by atoms with Crippen LogP contribution in [-0.4, -0.2) is 94.8 Å². The van der Waals surface area contributed by atoms with Crippen LogP contribution in [0.1, 0.15) is 118 Å². The van der Waals surface area contributed by atoms with Crippen LogP contribution in [0.5, 0.6) is 0 Å². The third kappa shape index (κ3) is 10.3. The van der Waals surface area contributed by atoms with Crippen molar-refractivity contribution < 1.29 is 40.8 Å². The van der Waals surface area contributed by atoms with Gasteiger partial charge in [0.1, 0.15) is 22.8 Å². The lowest BCUT2D eigenvalue weighted by Crippen LogP contribution is -2.57. The molecule has 0 radical (unpaired) electrons. The summed E-state index contributed by atoms with van der Waals surface area (Å²) in [6, 6.07) is 19.2. The zero-order valence-corrected chi connectivity index (χ0v) is 39.9. The highest BCUT2D eigenvalue weighted by atomic mass is 32.1. The molecule has 21 heteroatoms. The summed E-state index contributed by atoms with van der Waals surface area (Å²) in [5, 5.41) is 22.8. The highest BCUT2D eigenvalue weighted by Gasteiger charge is 2.44. The van der Waals surface area contributed by atoms with E-state index in [0.717, 1.165) is 65.4 Å². The van der Waals surface area contributed by atoms with Crippen LogP contribution in [0.15, 0.2) is 93.9 Å². The Balaban J connectivity index is 0.886. The number of alkyl halides is 6. The molecule has 70 heavy (non-hydrogen) atoms. The number of Topliss-reactive ketones (excluding diaryl/α,β-unsaturated/α-hetero) is 1. The molecule has 0 aliphatic carbocycles. The van der Waals surface area contributed by atoms with Crippen molar-refractivity contribution in [2.24, 2.45) is 10.3 Å². The number of benzene rings is 2. The number of aromatic nitrogens is 6. The van der Waals surface area contributed by atoms with Crippen LogP contribution in [0.25, 0.3) is 0 Å². The maximum Gasteiger partial charge on any atom is 0.433 e. The Hall–Kier alpha value is -5.77. The SMILES string of the molecule is Cc1cc(C(F)(F)F)n(CC(C(=O)C(Cn2nc(C)cc2C(F)(F)F)N2CCC(c3nc(C4=NOC(c5ccccc5)C4)cs3)CC2)N2CCC(c3nc(C4=NOC(c5ccccc5)C4)cs3)CC2)n1. The number of hydrogen-bond acceptors (Lipinski definition) is 13. The number of likely N-dealkylation sites (tertiary alicyclic amines) is 2. The van der Waals surface area contributed by atoms with Crippen LogP contribution in [0, 0.1) is 13.8 Å². The zero-order chi connectivity index (χ0) is 48.7. The number of hydrogen-bond donors (Lipinski definition) is 0. The molecule has 6 aromatic rings. The quantitative estimate of drug-likeness (QED) is 0.0980. The van der Waals surface area contributed by atoms with Gasteiger partial charge in [-0.3, -0.25) is 24.0 Å². The van der Waals surface area contributed by atoms with Gasteiger partial charge in [-0.2, -0.15) is 36.5 Å². The van der Waals surface area contributed by atoms with Gasteiger partial charge in [-0.15, -0.1) is 22.7 Å². The molecule has 4 aromatic heterocycles. The van der Waals surface area contributed by atoms with E-state index >= 15 is 4.79 Å². The Morgan fingerprint density at radius 1 is 0.629 bits per heavy atom. The first kappa shape index (κ1) is 47.9. The van der Waals surface area contributed by atoms with Gasteiger partial charge in [0.15, 0.2) is 18.0 Å². The fraction of sp³-hybridized carbons (Fsp3) is 0.449. The molecule has 0 amide bonds. The molecule has 4 atom stereocenters. The van der Waals surface area contributed by atoms with E-state index < -0.39 is 54.7 Å². The van der Waals surface area contributed by atoms with E-state index in [1.807, 2.05) is 81.2 Å². The maximum atomic E-state index is 15.4. The number of carbonyl (C=O) groups excluding carboxylic acids is 1. The molecule has 8 heterocycles. The maximum absolute atomic E-state index is 15.4. The molecular formula is C49H50F6N10O3S2. The standard InChI is InChI=1S/C49H50F6N10O3S2/c1-29-21-43(48(50,51)52)64(58-29)25-39(62-17-13-33(14-18-62)46-56-37(27-69-46)35-23-41(67-60-35)31-9-5-3-6-10-31)45(66)40(26-65-44(49(53,54)55)22-30(2)59-65)63-19-15-34(16-20-63)47-57-38(28-70-47)36-24-42(68-61-36)32-11-7-4-8-12-32/h3-12,21-22,27-28,33-34,39-42H,13-20,23-26H2,1-2H3. The van der Waals surface area contributed by atoms with Crippen molar-refractivity contribution in [3.8, 4) is 0 Å². The molecule has 0 bridgehead atoms. The number of rotatable bonds is 14. The minimum absolute atomic E-state index is 0.00238. The van der Waals surface area contributed by atoms with E-state index in [9.17, 15) is 26.3 Å². The molecule has 2 aromatic carbocycles. The number of halogens is 6. The molecule has 0 saturated carbocycles. The van der Waals surface area contributed by atoms with Crippen molar-refractivity contribution in [3.05, 3.63) is 139 Å². The first-order valence-electron chi connectivity index (χ1n) is 23.4. The van der Waals surface area contributed by atoms with Gasteiger partial charge in [-0.1, -0.05) is 71.0 Å². The Morgan fingerprint density at radius 3 is 1.39 bits per heavy atom. The Morgan fingerprint density at radius 2 is 1.01 bits per heavy atom. The number of carbonyl (C=O) groups is 1. The second-order valence-electron chi connectivity index (χ2n) is 18.4. The summed E-state index contributed by atoms with van der Waals surface area (Å²) in [7, 11) is 0. The van der Waals surface area contributed by atoms with Crippen LogP contribution in [0.3, 0.4) is 0 Å². The number of thiazole rings is 2. The largest absolute Gasteiger partial charge is 0.433 e. The average Bonchev–Trinajstić information content (AvgIpc) is 4.22. The molecule has 4 aliphatic rings. The summed E-state index contributed by atoms with van der Waals surface area (Å²) in [5.74, 6) is -0.498. The third-order valence-electron chi connectivity index (χ3n) is 13.7. The van der Waals surface area contributed by atoms with Crippen molar-refractivity contribution in [1.82, 2.24) is 39.3 Å². The minimum Gasteiger partial charge on any atom is -0.387 e.